The zero-order chi connectivity index (χ0) is 14.0. The second-order valence-electron chi connectivity index (χ2n) is 3.53. The molecule has 0 fully saturated rings. The minimum Gasteiger partial charge on any atom is -0.278 e. The molecule has 8 heteroatoms. The van der Waals surface area contributed by atoms with Gasteiger partial charge < -0.3 is 0 Å². The number of nitrogens with one attached hydrogen (secondary N) is 1. The lowest BCUT2D eigenvalue weighted by atomic mass is 10.4. The quantitative estimate of drug-likeness (QED) is 0.848. The third-order valence-corrected chi connectivity index (χ3v) is 4.72. The maximum absolute atomic E-state index is 13.5. The van der Waals surface area contributed by atoms with Gasteiger partial charge in [-0.2, -0.15) is 0 Å². The zero-order valence-electron chi connectivity index (χ0n) is 9.27. The molecule has 0 spiro atoms. The molecule has 100 valence electrons. The molecule has 1 aromatic heterocycles. The number of rotatable bonds is 3. The van der Waals surface area contributed by atoms with Crippen LogP contribution in [-0.2, 0) is 10.0 Å². The predicted molar refractivity (Wildman–Crippen MR) is 74.2 cm³/mol. The van der Waals surface area contributed by atoms with E-state index in [1.54, 1.807) is 0 Å². The minimum atomic E-state index is -4.00. The van der Waals surface area contributed by atoms with E-state index in [0.717, 1.165) is 6.07 Å². The molecule has 0 radical (unpaired) electrons. The predicted octanol–water partition coefficient (Wildman–Crippen LogP) is 3.44. The van der Waals surface area contributed by atoms with E-state index >= 15 is 0 Å². The molecule has 19 heavy (non-hydrogen) atoms. The van der Waals surface area contributed by atoms with Crippen LogP contribution in [0.25, 0.3) is 0 Å². The fourth-order valence-electron chi connectivity index (χ4n) is 1.35. The number of anilines is 1. The van der Waals surface area contributed by atoms with Crippen LogP contribution in [-0.4, -0.2) is 13.4 Å². The average molecular weight is 366 g/mol. The summed E-state index contributed by atoms with van der Waals surface area (Å²) in [6.45, 7) is 0. The van der Waals surface area contributed by atoms with Crippen molar-refractivity contribution >= 4 is 43.2 Å². The summed E-state index contributed by atoms with van der Waals surface area (Å²) in [5.74, 6) is -0.823. The first-order chi connectivity index (χ1) is 8.90. The number of sulfonamides is 1. The number of pyridine rings is 1. The first kappa shape index (κ1) is 14.2. The first-order valence-corrected chi connectivity index (χ1v) is 7.64. The highest BCUT2D eigenvalue weighted by Gasteiger charge is 2.18. The third-order valence-electron chi connectivity index (χ3n) is 2.17. The van der Waals surface area contributed by atoms with E-state index in [9.17, 15) is 12.8 Å². The van der Waals surface area contributed by atoms with Gasteiger partial charge in [0.25, 0.3) is 10.0 Å². The van der Waals surface area contributed by atoms with Crippen molar-refractivity contribution in [2.45, 2.75) is 4.90 Å². The van der Waals surface area contributed by atoms with Crippen molar-refractivity contribution in [3.05, 3.63) is 52.0 Å². The van der Waals surface area contributed by atoms with Gasteiger partial charge in [-0.3, -0.25) is 4.72 Å². The highest BCUT2D eigenvalue weighted by atomic mass is 79.9. The third kappa shape index (κ3) is 3.23. The second-order valence-corrected chi connectivity index (χ2v) is 6.40. The largest absolute Gasteiger partial charge is 0.278 e. The molecular weight excluding hydrogens is 359 g/mol. The fraction of sp³-hybridized carbons (Fsp3) is 0. The van der Waals surface area contributed by atoms with Crippen molar-refractivity contribution in [2.75, 3.05) is 4.72 Å². The minimum absolute atomic E-state index is 0.180. The molecule has 2 rings (SSSR count). The van der Waals surface area contributed by atoms with Gasteiger partial charge in [0.1, 0.15) is 15.9 Å². The normalized spacial score (nSPS) is 11.3. The summed E-state index contributed by atoms with van der Waals surface area (Å²) in [4.78, 5) is 3.35. The summed E-state index contributed by atoms with van der Waals surface area (Å²) in [5.41, 5.74) is 0.180. The maximum Gasteiger partial charge on any atom is 0.264 e. The smallest absolute Gasteiger partial charge is 0.264 e. The lowest BCUT2D eigenvalue weighted by Gasteiger charge is -2.09. The Balaban J connectivity index is 2.37. The van der Waals surface area contributed by atoms with Gasteiger partial charge in [0.15, 0.2) is 0 Å². The summed E-state index contributed by atoms with van der Waals surface area (Å²) >= 11 is 8.82. The Morgan fingerprint density at radius 1 is 1.32 bits per heavy atom. The molecule has 0 bridgehead atoms. The van der Waals surface area contributed by atoms with Crippen LogP contribution < -0.4 is 4.72 Å². The van der Waals surface area contributed by atoms with Crippen molar-refractivity contribution in [1.29, 1.82) is 0 Å². The Morgan fingerprint density at radius 2 is 2.00 bits per heavy atom. The Kier molecular flexibility index (Phi) is 4.07. The van der Waals surface area contributed by atoms with Crippen LogP contribution in [0, 0.1) is 5.82 Å². The number of nitrogens with zero attached hydrogens (tertiary/aromatic N) is 1. The van der Waals surface area contributed by atoms with Crippen molar-refractivity contribution in [1.82, 2.24) is 4.98 Å². The zero-order valence-corrected chi connectivity index (χ0v) is 12.4. The molecule has 0 atom stereocenters. The molecule has 1 aromatic carbocycles. The lowest BCUT2D eigenvalue weighted by Crippen LogP contribution is -2.14. The first-order valence-electron chi connectivity index (χ1n) is 4.98. The van der Waals surface area contributed by atoms with Crippen LogP contribution in [0.15, 0.2) is 45.9 Å². The van der Waals surface area contributed by atoms with Gasteiger partial charge in [-0.1, -0.05) is 23.7 Å². The molecule has 0 saturated carbocycles. The van der Waals surface area contributed by atoms with Crippen LogP contribution in [0.1, 0.15) is 0 Å². The fourth-order valence-corrected chi connectivity index (χ4v) is 2.92. The Hall–Kier alpha value is -1.18. The van der Waals surface area contributed by atoms with E-state index in [1.165, 1.54) is 30.5 Å². The monoisotopic (exact) mass is 364 g/mol. The van der Waals surface area contributed by atoms with E-state index in [2.05, 4.69) is 25.6 Å². The van der Waals surface area contributed by atoms with Gasteiger partial charge in [-0.15, -0.1) is 0 Å². The van der Waals surface area contributed by atoms with Crippen molar-refractivity contribution in [3.63, 3.8) is 0 Å². The molecule has 0 unspecified atom stereocenters. The SMILES string of the molecule is O=S(=O)(Nc1cnc(Cl)c(Br)c1)c1ccccc1F. The van der Waals surface area contributed by atoms with Gasteiger partial charge in [0.2, 0.25) is 0 Å². The van der Waals surface area contributed by atoms with E-state index in [0.29, 0.717) is 4.47 Å². The van der Waals surface area contributed by atoms with Gasteiger partial charge in [-0.25, -0.2) is 17.8 Å². The summed E-state index contributed by atoms with van der Waals surface area (Å²) in [6.07, 6.45) is 1.24. The van der Waals surface area contributed by atoms with Gasteiger partial charge >= 0.3 is 0 Å². The highest BCUT2D eigenvalue weighted by Crippen LogP contribution is 2.25. The number of benzene rings is 1. The molecular formula is C11H7BrClFN2O2S. The Morgan fingerprint density at radius 3 is 2.63 bits per heavy atom. The topological polar surface area (TPSA) is 59.1 Å². The molecule has 0 aliphatic carbocycles. The Labute approximate surface area is 122 Å². The van der Waals surface area contributed by atoms with E-state index < -0.39 is 20.7 Å². The van der Waals surface area contributed by atoms with Crippen LogP contribution >= 0.6 is 27.5 Å². The van der Waals surface area contributed by atoms with Gasteiger partial charge in [0.05, 0.1) is 16.4 Å². The number of halogens is 3. The maximum atomic E-state index is 13.5. The Bertz CT molecular complexity index is 724. The molecule has 0 amide bonds. The molecule has 2 aromatic rings. The lowest BCUT2D eigenvalue weighted by molar-refractivity contribution is 0.570. The molecule has 0 aliphatic rings. The van der Waals surface area contributed by atoms with Gasteiger partial charge in [-0.05, 0) is 34.1 Å². The van der Waals surface area contributed by atoms with Crippen LogP contribution in [0.3, 0.4) is 0 Å². The summed E-state index contributed by atoms with van der Waals surface area (Å²) in [5, 5.41) is 0.203. The highest BCUT2D eigenvalue weighted by molar-refractivity contribution is 9.10. The number of hydrogen-bond donors (Lipinski definition) is 1. The van der Waals surface area contributed by atoms with Crippen LogP contribution in [0.5, 0.6) is 0 Å². The number of hydrogen-bond acceptors (Lipinski definition) is 3. The van der Waals surface area contributed by atoms with Gasteiger partial charge in [0, 0.05) is 0 Å². The molecule has 0 aliphatic heterocycles. The molecule has 0 saturated heterocycles. The molecule has 4 nitrogen and oxygen atoms in total. The van der Waals surface area contributed by atoms with Crippen LogP contribution in [0.4, 0.5) is 10.1 Å². The van der Waals surface area contributed by atoms with Crippen molar-refractivity contribution in [3.8, 4) is 0 Å². The molecule has 1 heterocycles. The van der Waals surface area contributed by atoms with E-state index in [1.807, 2.05) is 0 Å². The van der Waals surface area contributed by atoms with E-state index in [4.69, 9.17) is 11.6 Å². The van der Waals surface area contributed by atoms with Crippen LogP contribution in [0.2, 0.25) is 5.15 Å². The summed E-state index contributed by atoms with van der Waals surface area (Å²) in [7, 11) is -4.00. The summed E-state index contributed by atoms with van der Waals surface area (Å²) in [6, 6.07) is 6.54. The summed E-state index contributed by atoms with van der Waals surface area (Å²) < 4.78 is 40.1. The van der Waals surface area contributed by atoms with Crippen molar-refractivity contribution in [2.24, 2.45) is 0 Å². The second kappa shape index (κ2) is 5.44. The number of aromatic nitrogens is 1. The molecule has 1 N–H and O–H groups in total. The standard InChI is InChI=1S/C11H7BrClFN2O2S/c12-8-5-7(6-15-11(8)13)16-19(17,18)10-4-2-1-3-9(10)14/h1-6,16H. The average Bonchev–Trinajstić information content (AvgIpc) is 2.34. The van der Waals surface area contributed by atoms with E-state index in [-0.39, 0.29) is 10.8 Å². The van der Waals surface area contributed by atoms with Crippen molar-refractivity contribution < 1.29 is 12.8 Å².